The Labute approximate surface area is 124 Å². The van der Waals surface area contributed by atoms with E-state index in [1.807, 2.05) is 25.2 Å². The first-order valence-corrected chi connectivity index (χ1v) is 6.86. The van der Waals surface area contributed by atoms with E-state index in [2.05, 4.69) is 12.2 Å². The molecule has 0 radical (unpaired) electrons. The van der Waals surface area contributed by atoms with E-state index in [-0.39, 0.29) is 11.9 Å². The van der Waals surface area contributed by atoms with Crippen LogP contribution in [0.2, 0.25) is 0 Å². The van der Waals surface area contributed by atoms with Gasteiger partial charge in [0, 0.05) is 17.7 Å². The lowest BCUT2D eigenvalue weighted by Gasteiger charge is -2.17. The third-order valence-electron chi connectivity index (χ3n) is 3.43. The molecular formula is C17H20FNO2. The lowest BCUT2D eigenvalue weighted by atomic mass is 10.1. The van der Waals surface area contributed by atoms with Gasteiger partial charge in [-0.15, -0.1) is 0 Å². The van der Waals surface area contributed by atoms with Gasteiger partial charge >= 0.3 is 0 Å². The summed E-state index contributed by atoms with van der Waals surface area (Å²) in [6.07, 6.45) is 0. The van der Waals surface area contributed by atoms with Crippen LogP contribution in [-0.4, -0.2) is 14.2 Å². The van der Waals surface area contributed by atoms with E-state index >= 15 is 0 Å². The van der Waals surface area contributed by atoms with Gasteiger partial charge in [-0.05, 0) is 37.7 Å². The van der Waals surface area contributed by atoms with Crippen LogP contribution in [0.3, 0.4) is 0 Å². The fourth-order valence-corrected chi connectivity index (χ4v) is 2.02. The average Bonchev–Trinajstić information content (AvgIpc) is 2.53. The van der Waals surface area contributed by atoms with Gasteiger partial charge in [-0.1, -0.05) is 18.2 Å². The topological polar surface area (TPSA) is 30.5 Å². The SMILES string of the molecule is CNC(C)c1ccc(OC)cc1OCc1ccc(F)cc1. The largest absolute Gasteiger partial charge is 0.497 e. The van der Waals surface area contributed by atoms with Gasteiger partial charge in [-0.2, -0.15) is 0 Å². The van der Waals surface area contributed by atoms with Crippen molar-refractivity contribution in [2.24, 2.45) is 0 Å². The van der Waals surface area contributed by atoms with Crippen molar-refractivity contribution < 1.29 is 13.9 Å². The van der Waals surface area contributed by atoms with Gasteiger partial charge in [0.05, 0.1) is 7.11 Å². The standard InChI is InChI=1S/C17H20FNO2/c1-12(19-2)16-9-8-15(20-3)10-17(16)21-11-13-4-6-14(18)7-5-13/h4-10,12,19H,11H2,1-3H3. The number of ether oxygens (including phenoxy) is 2. The van der Waals surface area contributed by atoms with Crippen molar-refractivity contribution in [1.29, 1.82) is 0 Å². The normalized spacial score (nSPS) is 12.0. The summed E-state index contributed by atoms with van der Waals surface area (Å²) in [5.74, 6) is 1.27. The maximum atomic E-state index is 12.9. The lowest BCUT2D eigenvalue weighted by Crippen LogP contribution is -2.13. The Bertz CT molecular complexity index is 584. The highest BCUT2D eigenvalue weighted by Crippen LogP contribution is 2.30. The minimum absolute atomic E-state index is 0.166. The summed E-state index contributed by atoms with van der Waals surface area (Å²) >= 11 is 0. The van der Waals surface area contributed by atoms with Crippen molar-refractivity contribution >= 4 is 0 Å². The molecule has 2 rings (SSSR count). The molecule has 1 atom stereocenters. The van der Waals surface area contributed by atoms with Gasteiger partial charge < -0.3 is 14.8 Å². The predicted octanol–water partition coefficient (Wildman–Crippen LogP) is 3.69. The van der Waals surface area contributed by atoms with Gasteiger partial charge in [0.15, 0.2) is 0 Å². The highest BCUT2D eigenvalue weighted by Gasteiger charge is 2.11. The Kier molecular flexibility index (Phi) is 5.17. The van der Waals surface area contributed by atoms with Crippen LogP contribution in [-0.2, 0) is 6.61 Å². The van der Waals surface area contributed by atoms with E-state index in [1.165, 1.54) is 12.1 Å². The second kappa shape index (κ2) is 7.09. The highest BCUT2D eigenvalue weighted by molar-refractivity contribution is 5.42. The van der Waals surface area contributed by atoms with E-state index < -0.39 is 0 Å². The first-order chi connectivity index (χ1) is 10.1. The quantitative estimate of drug-likeness (QED) is 0.879. The van der Waals surface area contributed by atoms with Crippen LogP contribution in [0.1, 0.15) is 24.1 Å². The first kappa shape index (κ1) is 15.3. The smallest absolute Gasteiger partial charge is 0.128 e. The molecule has 0 amide bonds. The van der Waals surface area contributed by atoms with Crippen LogP contribution in [0.5, 0.6) is 11.5 Å². The molecule has 1 N–H and O–H groups in total. The highest BCUT2D eigenvalue weighted by atomic mass is 19.1. The summed E-state index contributed by atoms with van der Waals surface area (Å²) in [5, 5.41) is 3.19. The Morgan fingerprint density at radius 2 is 1.86 bits per heavy atom. The lowest BCUT2D eigenvalue weighted by molar-refractivity contribution is 0.297. The van der Waals surface area contributed by atoms with E-state index in [0.717, 1.165) is 22.6 Å². The maximum absolute atomic E-state index is 12.9. The Morgan fingerprint density at radius 1 is 1.14 bits per heavy atom. The van der Waals surface area contributed by atoms with E-state index in [9.17, 15) is 4.39 Å². The molecule has 2 aromatic rings. The molecule has 4 heteroatoms. The summed E-state index contributed by atoms with van der Waals surface area (Å²) in [6, 6.07) is 12.2. The van der Waals surface area contributed by atoms with Crippen LogP contribution in [0.15, 0.2) is 42.5 Å². The number of halogens is 1. The van der Waals surface area contributed by atoms with Crippen LogP contribution in [0, 0.1) is 5.82 Å². The van der Waals surface area contributed by atoms with E-state index in [4.69, 9.17) is 9.47 Å². The molecule has 0 heterocycles. The second-order valence-electron chi connectivity index (χ2n) is 4.83. The van der Waals surface area contributed by atoms with Crippen LogP contribution in [0.25, 0.3) is 0 Å². The molecule has 0 bridgehead atoms. The zero-order chi connectivity index (χ0) is 15.2. The molecule has 0 saturated carbocycles. The molecule has 3 nitrogen and oxygen atoms in total. The third-order valence-corrected chi connectivity index (χ3v) is 3.43. The van der Waals surface area contributed by atoms with Crippen LogP contribution in [0.4, 0.5) is 4.39 Å². The van der Waals surface area contributed by atoms with Crippen molar-refractivity contribution in [3.05, 3.63) is 59.4 Å². The molecule has 112 valence electrons. The summed E-state index contributed by atoms with van der Waals surface area (Å²) in [4.78, 5) is 0. The summed E-state index contributed by atoms with van der Waals surface area (Å²) < 4.78 is 24.0. The van der Waals surface area contributed by atoms with Crippen molar-refractivity contribution in [3.8, 4) is 11.5 Å². The fraction of sp³-hybridized carbons (Fsp3) is 0.294. The minimum Gasteiger partial charge on any atom is -0.497 e. The van der Waals surface area contributed by atoms with Gasteiger partial charge in [-0.25, -0.2) is 4.39 Å². The van der Waals surface area contributed by atoms with Crippen molar-refractivity contribution in [2.45, 2.75) is 19.6 Å². The number of methoxy groups -OCH3 is 1. The van der Waals surface area contributed by atoms with Crippen LogP contribution < -0.4 is 14.8 Å². The minimum atomic E-state index is -0.246. The monoisotopic (exact) mass is 289 g/mol. The Morgan fingerprint density at radius 3 is 2.48 bits per heavy atom. The van der Waals surface area contributed by atoms with Crippen LogP contribution >= 0.6 is 0 Å². The van der Waals surface area contributed by atoms with E-state index in [1.54, 1.807) is 19.2 Å². The second-order valence-corrected chi connectivity index (χ2v) is 4.83. The van der Waals surface area contributed by atoms with E-state index in [0.29, 0.717) is 6.61 Å². The molecule has 2 aromatic carbocycles. The molecule has 0 aliphatic heterocycles. The van der Waals surface area contributed by atoms with Crippen molar-refractivity contribution in [1.82, 2.24) is 5.32 Å². The number of rotatable bonds is 6. The molecule has 21 heavy (non-hydrogen) atoms. The van der Waals surface area contributed by atoms with Gasteiger partial charge in [0.25, 0.3) is 0 Å². The Hall–Kier alpha value is -2.07. The number of hydrogen-bond acceptors (Lipinski definition) is 3. The molecule has 0 aromatic heterocycles. The number of hydrogen-bond donors (Lipinski definition) is 1. The zero-order valence-corrected chi connectivity index (χ0v) is 12.5. The summed E-state index contributed by atoms with van der Waals surface area (Å²) in [6.45, 7) is 2.45. The molecule has 1 unspecified atom stereocenters. The van der Waals surface area contributed by atoms with Gasteiger partial charge in [0.1, 0.15) is 23.9 Å². The third kappa shape index (κ3) is 3.95. The van der Waals surface area contributed by atoms with Crippen molar-refractivity contribution in [2.75, 3.05) is 14.2 Å². The summed E-state index contributed by atoms with van der Waals surface area (Å²) in [7, 11) is 3.53. The number of nitrogens with one attached hydrogen (secondary N) is 1. The van der Waals surface area contributed by atoms with Gasteiger partial charge in [-0.3, -0.25) is 0 Å². The molecule has 0 saturated heterocycles. The molecule has 0 aliphatic carbocycles. The average molecular weight is 289 g/mol. The maximum Gasteiger partial charge on any atom is 0.128 e. The molecule has 0 fully saturated rings. The Balaban J connectivity index is 2.18. The molecule has 0 spiro atoms. The summed E-state index contributed by atoms with van der Waals surface area (Å²) in [5.41, 5.74) is 1.97. The van der Waals surface area contributed by atoms with Gasteiger partial charge in [0.2, 0.25) is 0 Å². The molecular weight excluding hydrogens is 269 g/mol. The first-order valence-electron chi connectivity index (χ1n) is 6.86. The predicted molar refractivity (Wildman–Crippen MR) is 81.2 cm³/mol. The number of benzene rings is 2. The zero-order valence-electron chi connectivity index (χ0n) is 12.5. The van der Waals surface area contributed by atoms with Crippen molar-refractivity contribution in [3.63, 3.8) is 0 Å². The fourth-order valence-electron chi connectivity index (χ4n) is 2.02. The molecule has 0 aliphatic rings.